The number of aromatic nitrogens is 1. The lowest BCUT2D eigenvalue weighted by Gasteiger charge is -2.15. The predicted octanol–water partition coefficient (Wildman–Crippen LogP) is 3.43. The molecule has 11 heteroatoms. The summed E-state index contributed by atoms with van der Waals surface area (Å²) in [4.78, 5) is 23.8. The van der Waals surface area contributed by atoms with Gasteiger partial charge in [0.2, 0.25) is 0 Å². The Morgan fingerprint density at radius 1 is 1.41 bits per heavy atom. The van der Waals surface area contributed by atoms with Gasteiger partial charge in [0.05, 0.1) is 11.5 Å². The van der Waals surface area contributed by atoms with Gasteiger partial charge in [-0.15, -0.1) is 0 Å². The Kier molecular flexibility index (Phi) is 4.99. The highest BCUT2D eigenvalue weighted by Gasteiger charge is 2.43. The number of pyridine rings is 1. The Hall–Kier alpha value is -2.33. The third-order valence-corrected chi connectivity index (χ3v) is 2.58. The van der Waals surface area contributed by atoms with E-state index >= 15 is 0 Å². The molecule has 0 aliphatic rings. The lowest BCUT2D eigenvalue weighted by Crippen LogP contribution is -2.21. The van der Waals surface area contributed by atoms with E-state index in [-0.39, 0.29) is 6.61 Å². The second kappa shape index (κ2) is 6.20. The zero-order valence-corrected chi connectivity index (χ0v) is 11.2. The molecule has 0 aliphatic heterocycles. The first-order valence-electron chi connectivity index (χ1n) is 5.73. The van der Waals surface area contributed by atoms with Gasteiger partial charge in [0.15, 0.2) is 11.4 Å². The molecule has 1 aromatic rings. The van der Waals surface area contributed by atoms with E-state index in [1.165, 1.54) is 6.92 Å². The number of nitrogens with zero attached hydrogens (tertiary/aromatic N) is 2. The second-order valence-electron chi connectivity index (χ2n) is 3.97. The van der Waals surface area contributed by atoms with Crippen LogP contribution in [0.4, 0.5) is 27.6 Å². The van der Waals surface area contributed by atoms with Crippen LogP contribution in [0, 0.1) is 17.0 Å². The maximum absolute atomic E-state index is 12.9. The number of alkyl halides is 5. The first-order valence-corrected chi connectivity index (χ1v) is 5.73. The molecule has 122 valence electrons. The van der Waals surface area contributed by atoms with Crippen LogP contribution in [0.1, 0.15) is 40.7 Å². The van der Waals surface area contributed by atoms with Gasteiger partial charge in [-0.2, -0.15) is 13.2 Å². The lowest BCUT2D eigenvalue weighted by atomic mass is 10.0. The molecule has 0 amide bonds. The molecule has 0 unspecified atom stereocenters. The number of nitro groups is 1. The van der Waals surface area contributed by atoms with Gasteiger partial charge in [-0.25, -0.2) is 18.6 Å². The maximum atomic E-state index is 12.9. The van der Waals surface area contributed by atoms with Crippen molar-refractivity contribution in [3.05, 3.63) is 32.6 Å². The first kappa shape index (κ1) is 17.7. The quantitative estimate of drug-likeness (QED) is 0.366. The highest BCUT2D eigenvalue weighted by atomic mass is 19.4. The molecule has 6 nitrogen and oxygen atoms in total. The number of halogens is 5. The van der Waals surface area contributed by atoms with Crippen LogP contribution in [0.2, 0.25) is 0 Å². The minimum atomic E-state index is -5.26. The molecule has 0 spiro atoms. The smallest absolute Gasteiger partial charge is 0.434 e. The average Bonchev–Trinajstić information content (AvgIpc) is 2.35. The SMILES string of the molecule is CCOC(=O)c1c(C(F)(F)F)nc(C(F)F)c([N+](=O)[O-])c1C. The van der Waals surface area contributed by atoms with Gasteiger partial charge in [-0.05, 0) is 13.8 Å². The number of carbonyl (C=O) groups is 1. The number of rotatable bonds is 4. The summed E-state index contributed by atoms with van der Waals surface area (Å²) in [6, 6.07) is 0. The molecule has 0 N–H and O–H groups in total. The molecule has 0 saturated carbocycles. The molecule has 0 radical (unpaired) electrons. The summed E-state index contributed by atoms with van der Waals surface area (Å²) >= 11 is 0. The minimum Gasteiger partial charge on any atom is -0.462 e. The van der Waals surface area contributed by atoms with Crippen molar-refractivity contribution in [3.63, 3.8) is 0 Å². The van der Waals surface area contributed by atoms with E-state index in [9.17, 15) is 36.9 Å². The number of esters is 1. The fourth-order valence-electron chi connectivity index (χ4n) is 1.76. The van der Waals surface area contributed by atoms with Crippen LogP contribution in [0.25, 0.3) is 0 Å². The van der Waals surface area contributed by atoms with E-state index in [2.05, 4.69) is 9.72 Å². The lowest BCUT2D eigenvalue weighted by molar-refractivity contribution is -0.387. The molecule has 0 atom stereocenters. The Morgan fingerprint density at radius 2 is 1.95 bits per heavy atom. The largest absolute Gasteiger partial charge is 0.462 e. The van der Waals surface area contributed by atoms with Gasteiger partial charge < -0.3 is 4.74 Å². The van der Waals surface area contributed by atoms with E-state index < -0.39 is 51.7 Å². The van der Waals surface area contributed by atoms with Crippen molar-refractivity contribution < 1.29 is 36.4 Å². The third-order valence-electron chi connectivity index (χ3n) is 2.58. The van der Waals surface area contributed by atoms with Crippen molar-refractivity contribution in [1.82, 2.24) is 4.98 Å². The predicted molar refractivity (Wildman–Crippen MR) is 61.5 cm³/mol. The van der Waals surface area contributed by atoms with Gasteiger partial charge in [-0.1, -0.05) is 0 Å². The molecular weight excluding hydrogens is 319 g/mol. The van der Waals surface area contributed by atoms with Crippen LogP contribution in [-0.2, 0) is 10.9 Å². The standard InChI is InChI=1S/C11H9F5N2O4/c1-3-22-10(19)5-4(2)7(18(20)21)6(9(12)13)17-8(5)11(14,15)16/h9H,3H2,1-2H3. The van der Waals surface area contributed by atoms with Crippen molar-refractivity contribution in [2.45, 2.75) is 26.4 Å². The molecule has 0 aromatic carbocycles. The molecule has 1 heterocycles. The first-order chi connectivity index (χ1) is 10.0. The summed E-state index contributed by atoms with van der Waals surface area (Å²) in [6.07, 6.45) is -8.87. The van der Waals surface area contributed by atoms with E-state index in [4.69, 9.17) is 0 Å². The summed E-state index contributed by atoms with van der Waals surface area (Å²) in [5, 5.41) is 10.8. The molecule has 0 bridgehead atoms. The Morgan fingerprint density at radius 3 is 2.32 bits per heavy atom. The zero-order valence-electron chi connectivity index (χ0n) is 11.2. The van der Waals surface area contributed by atoms with E-state index in [0.717, 1.165) is 6.92 Å². The van der Waals surface area contributed by atoms with Crippen LogP contribution in [0.15, 0.2) is 0 Å². The van der Waals surface area contributed by atoms with Crippen molar-refractivity contribution in [2.24, 2.45) is 0 Å². The topological polar surface area (TPSA) is 82.3 Å². The van der Waals surface area contributed by atoms with Crippen LogP contribution in [0.3, 0.4) is 0 Å². The van der Waals surface area contributed by atoms with Gasteiger partial charge >= 0.3 is 12.1 Å². The zero-order chi connectivity index (χ0) is 17.2. The monoisotopic (exact) mass is 328 g/mol. The molecular formula is C11H9F5N2O4. The number of ether oxygens (including phenoxy) is 1. The summed E-state index contributed by atoms with van der Waals surface area (Å²) in [7, 11) is 0. The van der Waals surface area contributed by atoms with Gasteiger partial charge in [0, 0.05) is 5.56 Å². The number of hydrogen-bond donors (Lipinski definition) is 0. The highest BCUT2D eigenvalue weighted by Crippen LogP contribution is 2.39. The number of carbonyl (C=O) groups excluding carboxylic acids is 1. The fourth-order valence-corrected chi connectivity index (χ4v) is 1.76. The molecule has 1 aromatic heterocycles. The van der Waals surface area contributed by atoms with E-state index in [1.54, 1.807) is 0 Å². The molecule has 0 aliphatic carbocycles. The van der Waals surface area contributed by atoms with E-state index in [0.29, 0.717) is 0 Å². The Labute approximate surface area is 120 Å². The van der Waals surface area contributed by atoms with Crippen molar-refractivity contribution >= 4 is 11.7 Å². The van der Waals surface area contributed by atoms with Gasteiger partial charge in [-0.3, -0.25) is 10.1 Å². The number of hydrogen-bond acceptors (Lipinski definition) is 5. The normalized spacial score (nSPS) is 11.6. The van der Waals surface area contributed by atoms with Crippen molar-refractivity contribution in [2.75, 3.05) is 6.61 Å². The molecule has 0 fully saturated rings. The summed E-state index contributed by atoms with van der Waals surface area (Å²) in [6.45, 7) is 1.75. The van der Waals surface area contributed by atoms with Crippen LogP contribution in [0.5, 0.6) is 0 Å². The Balaban J connectivity index is 3.83. The second-order valence-corrected chi connectivity index (χ2v) is 3.97. The van der Waals surface area contributed by atoms with Crippen LogP contribution < -0.4 is 0 Å². The van der Waals surface area contributed by atoms with Crippen LogP contribution in [-0.4, -0.2) is 22.5 Å². The fraction of sp³-hybridized carbons (Fsp3) is 0.455. The summed E-state index contributed by atoms with van der Waals surface area (Å²) in [5.41, 5.74) is -7.05. The van der Waals surface area contributed by atoms with Crippen molar-refractivity contribution in [1.29, 1.82) is 0 Å². The average molecular weight is 328 g/mol. The maximum Gasteiger partial charge on any atom is 0.434 e. The molecule has 0 saturated heterocycles. The molecule has 1 rings (SSSR count). The van der Waals surface area contributed by atoms with E-state index in [1.807, 2.05) is 0 Å². The minimum absolute atomic E-state index is 0.306. The third kappa shape index (κ3) is 3.28. The molecule has 22 heavy (non-hydrogen) atoms. The van der Waals surface area contributed by atoms with Crippen molar-refractivity contribution in [3.8, 4) is 0 Å². The van der Waals surface area contributed by atoms with Crippen LogP contribution >= 0.6 is 0 Å². The highest BCUT2D eigenvalue weighted by molar-refractivity contribution is 5.93. The summed E-state index contributed by atoms with van der Waals surface area (Å²) in [5.74, 6) is -1.52. The Bertz CT molecular complexity index is 615. The van der Waals surface area contributed by atoms with Gasteiger partial charge in [0.25, 0.3) is 12.1 Å². The van der Waals surface area contributed by atoms with Gasteiger partial charge in [0.1, 0.15) is 5.56 Å². The summed E-state index contributed by atoms with van der Waals surface area (Å²) < 4.78 is 68.7.